The van der Waals surface area contributed by atoms with Crippen LogP contribution in [0.2, 0.25) is 0 Å². The summed E-state index contributed by atoms with van der Waals surface area (Å²) < 4.78 is 5.86. The summed E-state index contributed by atoms with van der Waals surface area (Å²) in [6.45, 7) is 11.4. The maximum absolute atomic E-state index is 14.8. The van der Waals surface area contributed by atoms with Gasteiger partial charge in [0.05, 0.1) is 29.1 Å². The number of aromatic hydroxyl groups is 2. The molecule has 1 aliphatic rings. The Kier molecular flexibility index (Phi) is 15.8. The van der Waals surface area contributed by atoms with Gasteiger partial charge in [-0.2, -0.15) is 5.26 Å². The standard InChI is InChI=1S/C49H59N7O8/c1-27-21-41(60)44(56(7)48(63)32(16-18-51)25-40(59)43-28(2)53-46(54-29(43)3)31-11-13-34(14-12-31)49(4,5)6)33-24-36(45(61)42(26-33)64-20-19-52)35-22-30(10-15-38(35)57)23-37(55-47(27)62)39(58)9-8-17-50/h10-15,22,24,26-27,32,37,44,57,61H,8-9,16,18-21,23,25,51-52H2,1-7H3,(H,55,62)/t27-,32-,37+,44+/m1/s1. The van der Waals surface area contributed by atoms with Gasteiger partial charge in [-0.25, -0.2) is 9.97 Å². The highest BCUT2D eigenvalue weighted by Crippen LogP contribution is 2.45. The van der Waals surface area contributed by atoms with E-state index in [1.165, 1.54) is 37.1 Å². The number of nitriles is 1. The van der Waals surface area contributed by atoms with Crippen LogP contribution in [0.3, 0.4) is 0 Å². The van der Waals surface area contributed by atoms with Crippen molar-refractivity contribution in [2.45, 2.75) is 97.6 Å². The zero-order chi connectivity index (χ0) is 47.0. The molecule has 0 aliphatic carbocycles. The minimum absolute atomic E-state index is 0.0111. The topological polar surface area (TPSA) is 252 Å². The minimum atomic E-state index is -1.41. The van der Waals surface area contributed by atoms with Gasteiger partial charge in [0.2, 0.25) is 11.8 Å². The molecule has 15 heteroatoms. The van der Waals surface area contributed by atoms with Crippen LogP contribution in [0.15, 0.2) is 54.6 Å². The number of phenolic OH excluding ortho intramolecular Hbond substituents is 2. The summed E-state index contributed by atoms with van der Waals surface area (Å²) in [4.78, 5) is 81.3. The molecular formula is C49H59N7O8. The average Bonchev–Trinajstić information content (AvgIpc) is 3.24. The molecule has 4 atom stereocenters. The highest BCUT2D eigenvalue weighted by atomic mass is 16.5. The van der Waals surface area contributed by atoms with Crippen LogP contribution in [0.5, 0.6) is 17.2 Å². The summed E-state index contributed by atoms with van der Waals surface area (Å²) in [5.74, 6) is -4.80. The number of fused-ring (bicyclic) bond motifs is 5. The molecule has 64 heavy (non-hydrogen) atoms. The number of aromatic nitrogens is 2. The van der Waals surface area contributed by atoms with Crippen LogP contribution in [0.1, 0.15) is 104 Å². The number of aryl methyl sites for hydroxylation is 2. The van der Waals surface area contributed by atoms with Crippen molar-refractivity contribution in [3.8, 4) is 45.8 Å². The lowest BCUT2D eigenvalue weighted by atomic mass is 9.86. The Labute approximate surface area is 374 Å². The lowest BCUT2D eigenvalue weighted by Crippen LogP contribution is -2.46. The van der Waals surface area contributed by atoms with Gasteiger partial charge in [0.25, 0.3) is 0 Å². The second-order valence-electron chi connectivity index (χ2n) is 17.5. The molecule has 4 bridgehead atoms. The van der Waals surface area contributed by atoms with Crippen LogP contribution in [0.25, 0.3) is 22.5 Å². The third-order valence-electron chi connectivity index (χ3n) is 11.6. The number of phenols is 2. The summed E-state index contributed by atoms with van der Waals surface area (Å²) in [6, 6.07) is 14.8. The van der Waals surface area contributed by atoms with Crippen molar-refractivity contribution >= 4 is 29.2 Å². The first-order chi connectivity index (χ1) is 30.3. The van der Waals surface area contributed by atoms with Crippen molar-refractivity contribution in [2.24, 2.45) is 23.3 Å². The molecule has 338 valence electrons. The summed E-state index contributed by atoms with van der Waals surface area (Å²) in [5, 5.41) is 34.7. The highest BCUT2D eigenvalue weighted by molar-refractivity contribution is 6.01. The second-order valence-corrected chi connectivity index (χ2v) is 17.5. The van der Waals surface area contributed by atoms with E-state index >= 15 is 0 Å². The lowest BCUT2D eigenvalue weighted by molar-refractivity contribution is -0.142. The number of hydrogen-bond acceptors (Lipinski definition) is 13. The molecule has 5 rings (SSSR count). The number of ketones is 3. The fourth-order valence-electron chi connectivity index (χ4n) is 8.10. The fraction of sp³-hybridized carbons (Fsp3) is 0.429. The number of carbonyl (C=O) groups excluding carboxylic acids is 5. The first-order valence-corrected chi connectivity index (χ1v) is 21.5. The third kappa shape index (κ3) is 11.2. The van der Waals surface area contributed by atoms with Gasteiger partial charge in [0.1, 0.15) is 18.4 Å². The Morgan fingerprint density at radius 2 is 1.64 bits per heavy atom. The maximum atomic E-state index is 14.8. The summed E-state index contributed by atoms with van der Waals surface area (Å²) in [7, 11) is 1.42. The molecule has 4 aromatic rings. The average molecular weight is 874 g/mol. The van der Waals surface area contributed by atoms with E-state index in [9.17, 15) is 34.2 Å². The summed E-state index contributed by atoms with van der Waals surface area (Å²) >= 11 is 0. The molecule has 2 heterocycles. The number of likely N-dealkylation sites (N-methyl/N-ethyl adjacent to an activating group) is 1. The van der Waals surface area contributed by atoms with Gasteiger partial charge < -0.3 is 36.6 Å². The Morgan fingerprint density at radius 1 is 0.969 bits per heavy atom. The van der Waals surface area contributed by atoms with Crippen LogP contribution in [0, 0.1) is 37.0 Å². The van der Waals surface area contributed by atoms with Crippen molar-refractivity contribution in [3.63, 3.8) is 0 Å². The van der Waals surface area contributed by atoms with Crippen molar-refractivity contribution in [1.29, 1.82) is 5.26 Å². The van der Waals surface area contributed by atoms with E-state index in [-0.39, 0.29) is 109 Å². The minimum Gasteiger partial charge on any atom is -0.507 e. The molecule has 3 aromatic carbocycles. The second kappa shape index (κ2) is 20.8. The van der Waals surface area contributed by atoms with Crippen molar-refractivity contribution in [3.05, 3.63) is 88.2 Å². The van der Waals surface area contributed by atoms with Gasteiger partial charge in [-0.05, 0) is 79.6 Å². The molecular weight excluding hydrogens is 815 g/mol. The number of carbonyl (C=O) groups is 5. The van der Waals surface area contributed by atoms with E-state index in [0.717, 1.165) is 11.1 Å². The molecule has 0 fully saturated rings. The highest BCUT2D eigenvalue weighted by Gasteiger charge is 2.37. The molecule has 0 radical (unpaired) electrons. The van der Waals surface area contributed by atoms with Crippen molar-refractivity contribution in [1.82, 2.24) is 20.2 Å². The van der Waals surface area contributed by atoms with Crippen molar-refractivity contribution < 1.29 is 38.9 Å². The SMILES string of the molecule is Cc1nc(-c2ccc(C(C)(C)C)cc2)nc(C)c1C(=O)C[C@@H](CCN)C(=O)N(C)[C@@H]1C(=O)C[C@@H](C)C(=O)N[C@H](C(=O)CCC#N)Cc2ccc(O)c(c2)-c2cc1cc(OCCN)c2O. The summed E-state index contributed by atoms with van der Waals surface area (Å²) in [5.41, 5.74) is 15.7. The van der Waals surface area contributed by atoms with Crippen LogP contribution < -0.4 is 21.5 Å². The Balaban J connectivity index is 1.56. The number of Topliss-reactive ketones (excluding diaryl/α,β-unsaturated/α-hetero) is 3. The Hall–Kier alpha value is -6.50. The van der Waals surface area contributed by atoms with Gasteiger partial charge in [0, 0.05) is 67.8 Å². The van der Waals surface area contributed by atoms with Crippen LogP contribution in [0.4, 0.5) is 0 Å². The lowest BCUT2D eigenvalue weighted by Gasteiger charge is -2.32. The quantitative estimate of drug-likeness (QED) is 0.0952. The number of ether oxygens (including phenoxy) is 1. The van der Waals surface area contributed by atoms with Gasteiger partial charge in [0.15, 0.2) is 34.7 Å². The van der Waals surface area contributed by atoms with Gasteiger partial charge in [-0.3, -0.25) is 24.0 Å². The monoisotopic (exact) mass is 873 g/mol. The number of benzene rings is 3. The van der Waals surface area contributed by atoms with Crippen molar-refractivity contribution in [2.75, 3.05) is 26.7 Å². The summed E-state index contributed by atoms with van der Waals surface area (Å²) in [6.07, 6.45) is -0.798. The number of nitrogens with one attached hydrogen (secondary N) is 1. The zero-order valence-electron chi connectivity index (χ0n) is 37.7. The number of amides is 2. The Bertz CT molecular complexity index is 2430. The predicted octanol–water partition coefficient (Wildman–Crippen LogP) is 5.72. The van der Waals surface area contributed by atoms with Crippen LogP contribution >= 0.6 is 0 Å². The smallest absolute Gasteiger partial charge is 0.226 e. The third-order valence-corrected chi connectivity index (χ3v) is 11.6. The van der Waals surface area contributed by atoms with E-state index in [2.05, 4.69) is 36.1 Å². The molecule has 0 spiro atoms. The van der Waals surface area contributed by atoms with Gasteiger partial charge in [-0.1, -0.05) is 58.0 Å². The fourth-order valence-corrected chi connectivity index (χ4v) is 8.10. The van der Waals surface area contributed by atoms with E-state index in [4.69, 9.17) is 21.5 Å². The number of nitrogens with zero attached hydrogens (tertiary/aromatic N) is 4. The van der Waals surface area contributed by atoms with E-state index in [1.54, 1.807) is 26.0 Å². The molecule has 0 saturated heterocycles. The largest absolute Gasteiger partial charge is 0.507 e. The molecule has 15 nitrogen and oxygen atoms in total. The van der Waals surface area contributed by atoms with Crippen LogP contribution in [-0.2, 0) is 31.0 Å². The molecule has 0 unspecified atom stereocenters. The van der Waals surface area contributed by atoms with E-state index in [1.807, 2.05) is 30.3 Å². The number of hydrogen-bond donors (Lipinski definition) is 5. The van der Waals surface area contributed by atoms with E-state index in [0.29, 0.717) is 22.8 Å². The number of nitrogens with two attached hydrogens (primary N) is 2. The molecule has 1 aromatic heterocycles. The molecule has 2 amide bonds. The molecule has 0 saturated carbocycles. The van der Waals surface area contributed by atoms with Gasteiger partial charge in [-0.15, -0.1) is 0 Å². The molecule has 1 aliphatic heterocycles. The normalized spacial score (nSPS) is 17.1. The van der Waals surface area contributed by atoms with Crippen LogP contribution in [-0.4, -0.2) is 87.0 Å². The Morgan fingerprint density at radius 3 is 2.25 bits per heavy atom. The van der Waals surface area contributed by atoms with Gasteiger partial charge >= 0.3 is 0 Å². The molecule has 7 N–H and O–H groups in total. The predicted molar refractivity (Wildman–Crippen MR) is 241 cm³/mol. The first kappa shape index (κ1) is 48.5. The van der Waals surface area contributed by atoms with E-state index < -0.39 is 47.3 Å². The first-order valence-electron chi connectivity index (χ1n) is 21.5. The maximum Gasteiger partial charge on any atom is 0.226 e. The number of rotatable bonds is 14. The zero-order valence-corrected chi connectivity index (χ0v) is 37.7.